The maximum atomic E-state index is 13.6. The van der Waals surface area contributed by atoms with Crippen molar-refractivity contribution in [2.24, 2.45) is 0 Å². The minimum absolute atomic E-state index is 0.000602. The molecule has 16 heavy (non-hydrogen) atoms. The van der Waals surface area contributed by atoms with E-state index in [9.17, 15) is 4.39 Å². The van der Waals surface area contributed by atoms with E-state index in [1.807, 2.05) is 13.0 Å². The van der Waals surface area contributed by atoms with Crippen LogP contribution in [0.25, 0.3) is 10.9 Å². The van der Waals surface area contributed by atoms with Crippen LogP contribution in [-0.4, -0.2) is 12.0 Å². The van der Waals surface area contributed by atoms with Crippen LogP contribution in [0.5, 0.6) is 0 Å². The lowest BCUT2D eigenvalue weighted by Gasteiger charge is -2.10. The number of anilines is 1. The van der Waals surface area contributed by atoms with E-state index < -0.39 is 5.82 Å². The first-order valence-electron chi connectivity index (χ1n) is 4.67. The van der Waals surface area contributed by atoms with Gasteiger partial charge in [0.15, 0.2) is 5.82 Å². The molecule has 1 heterocycles. The maximum Gasteiger partial charge on any atom is 0.161 e. The molecular formula is C11H9Cl2FN2. The van der Waals surface area contributed by atoms with E-state index in [2.05, 4.69) is 10.3 Å². The number of rotatable bonds is 1. The SMILES string of the molecule is CNc1cc(C)nc2cc(Cl)c(F)c(Cl)c12. The number of fused-ring (bicyclic) bond motifs is 1. The molecule has 0 radical (unpaired) electrons. The second-order valence-corrected chi connectivity index (χ2v) is 4.23. The molecule has 1 aromatic carbocycles. The quantitative estimate of drug-likeness (QED) is 0.782. The van der Waals surface area contributed by atoms with Crippen LogP contribution in [0.2, 0.25) is 10.0 Å². The fourth-order valence-electron chi connectivity index (χ4n) is 1.63. The standard InChI is InChI=1S/C11H9Cl2FN2/c1-5-3-7(15-2)9-8(16-5)4-6(12)11(14)10(9)13/h3-4H,1-2H3,(H,15,16). The first kappa shape index (κ1) is 11.4. The number of aryl methyl sites for hydroxylation is 1. The lowest BCUT2D eigenvalue weighted by Crippen LogP contribution is -1.95. The Morgan fingerprint density at radius 2 is 2.00 bits per heavy atom. The zero-order valence-corrected chi connectivity index (χ0v) is 10.2. The number of hydrogen-bond donors (Lipinski definition) is 1. The number of nitrogens with zero attached hydrogens (tertiary/aromatic N) is 1. The predicted molar refractivity (Wildman–Crippen MR) is 66.0 cm³/mol. The van der Waals surface area contributed by atoms with E-state index in [1.165, 1.54) is 6.07 Å². The van der Waals surface area contributed by atoms with Gasteiger partial charge in [-0.1, -0.05) is 23.2 Å². The number of hydrogen-bond acceptors (Lipinski definition) is 2. The summed E-state index contributed by atoms with van der Waals surface area (Å²) in [6.45, 7) is 1.85. The Morgan fingerprint density at radius 1 is 1.31 bits per heavy atom. The first-order valence-corrected chi connectivity index (χ1v) is 5.42. The molecule has 5 heteroatoms. The van der Waals surface area contributed by atoms with Gasteiger partial charge in [0.2, 0.25) is 0 Å². The van der Waals surface area contributed by atoms with Gasteiger partial charge in [-0.15, -0.1) is 0 Å². The molecule has 2 aromatic rings. The molecule has 2 rings (SSSR count). The highest BCUT2D eigenvalue weighted by Gasteiger charge is 2.14. The van der Waals surface area contributed by atoms with Gasteiger partial charge in [-0.25, -0.2) is 4.39 Å². The third-order valence-corrected chi connectivity index (χ3v) is 2.96. The minimum atomic E-state index is -0.613. The summed E-state index contributed by atoms with van der Waals surface area (Å²) in [5, 5.41) is 3.50. The fourth-order valence-corrected chi connectivity index (χ4v) is 2.17. The van der Waals surface area contributed by atoms with Gasteiger partial charge in [0.1, 0.15) is 0 Å². The molecule has 0 unspecified atom stereocenters. The molecule has 2 nitrogen and oxygen atoms in total. The van der Waals surface area contributed by atoms with Crippen LogP contribution in [0.3, 0.4) is 0 Å². The van der Waals surface area contributed by atoms with Gasteiger partial charge in [-0.3, -0.25) is 4.98 Å². The van der Waals surface area contributed by atoms with Crippen molar-refractivity contribution in [1.82, 2.24) is 4.98 Å². The topological polar surface area (TPSA) is 24.9 Å². The van der Waals surface area contributed by atoms with Crippen molar-refractivity contribution in [3.8, 4) is 0 Å². The molecule has 0 saturated carbocycles. The third kappa shape index (κ3) is 1.70. The molecule has 0 aliphatic carbocycles. The summed E-state index contributed by atoms with van der Waals surface area (Å²) in [7, 11) is 1.75. The monoisotopic (exact) mass is 258 g/mol. The summed E-state index contributed by atoms with van der Waals surface area (Å²) in [6.07, 6.45) is 0. The van der Waals surface area contributed by atoms with E-state index >= 15 is 0 Å². The van der Waals surface area contributed by atoms with Crippen LogP contribution >= 0.6 is 23.2 Å². The van der Waals surface area contributed by atoms with E-state index in [0.717, 1.165) is 11.4 Å². The number of nitrogens with one attached hydrogen (secondary N) is 1. The van der Waals surface area contributed by atoms with E-state index in [4.69, 9.17) is 23.2 Å². The number of halogens is 3. The Labute approximate surface area is 102 Å². The Bertz CT molecular complexity index is 570. The molecular weight excluding hydrogens is 250 g/mol. The average Bonchev–Trinajstić information content (AvgIpc) is 2.24. The molecule has 0 amide bonds. The summed E-state index contributed by atoms with van der Waals surface area (Å²) < 4.78 is 13.6. The van der Waals surface area contributed by atoms with Crippen molar-refractivity contribution in [3.63, 3.8) is 0 Å². The van der Waals surface area contributed by atoms with E-state index in [0.29, 0.717) is 10.9 Å². The highest BCUT2D eigenvalue weighted by atomic mass is 35.5. The second kappa shape index (κ2) is 4.07. The molecule has 0 fully saturated rings. The molecule has 0 aliphatic rings. The van der Waals surface area contributed by atoms with Crippen LogP contribution in [0, 0.1) is 12.7 Å². The highest BCUT2D eigenvalue weighted by molar-refractivity contribution is 6.39. The van der Waals surface area contributed by atoms with Gasteiger partial charge in [-0.2, -0.15) is 0 Å². The Hall–Kier alpha value is -1.06. The van der Waals surface area contributed by atoms with Crippen LogP contribution < -0.4 is 5.32 Å². The Kier molecular flexibility index (Phi) is 2.91. The smallest absolute Gasteiger partial charge is 0.161 e. The zero-order valence-electron chi connectivity index (χ0n) is 8.74. The molecule has 0 spiro atoms. The van der Waals surface area contributed by atoms with Gasteiger partial charge in [0.05, 0.1) is 15.6 Å². The molecule has 84 valence electrons. The van der Waals surface area contributed by atoms with Gasteiger partial charge in [0.25, 0.3) is 0 Å². The largest absolute Gasteiger partial charge is 0.387 e. The van der Waals surface area contributed by atoms with Gasteiger partial charge in [-0.05, 0) is 19.1 Å². The van der Waals surface area contributed by atoms with Crippen molar-refractivity contribution in [2.45, 2.75) is 6.92 Å². The first-order chi connectivity index (χ1) is 7.54. The van der Waals surface area contributed by atoms with Crippen molar-refractivity contribution < 1.29 is 4.39 Å². The Balaban J connectivity index is 2.95. The summed E-state index contributed by atoms with van der Waals surface area (Å²) in [4.78, 5) is 4.27. The molecule has 0 atom stereocenters. The molecule has 1 N–H and O–H groups in total. The lowest BCUT2D eigenvalue weighted by molar-refractivity contribution is 0.630. The van der Waals surface area contributed by atoms with Crippen molar-refractivity contribution in [3.05, 3.63) is 33.7 Å². The van der Waals surface area contributed by atoms with Crippen LogP contribution in [0.1, 0.15) is 5.69 Å². The van der Waals surface area contributed by atoms with Crippen molar-refractivity contribution in [1.29, 1.82) is 0 Å². The minimum Gasteiger partial charge on any atom is -0.387 e. The molecule has 1 aromatic heterocycles. The fraction of sp³-hybridized carbons (Fsp3) is 0.182. The summed E-state index contributed by atoms with van der Waals surface area (Å²) >= 11 is 11.6. The lowest BCUT2D eigenvalue weighted by atomic mass is 10.1. The van der Waals surface area contributed by atoms with Crippen LogP contribution in [0.15, 0.2) is 12.1 Å². The highest BCUT2D eigenvalue weighted by Crippen LogP contribution is 2.35. The van der Waals surface area contributed by atoms with Crippen LogP contribution in [-0.2, 0) is 0 Å². The van der Waals surface area contributed by atoms with Gasteiger partial charge < -0.3 is 5.32 Å². The number of aromatic nitrogens is 1. The molecule has 0 saturated heterocycles. The summed E-state index contributed by atoms with van der Waals surface area (Å²) in [5.74, 6) is -0.613. The molecule has 0 aliphatic heterocycles. The van der Waals surface area contributed by atoms with Crippen molar-refractivity contribution >= 4 is 39.8 Å². The third-order valence-electron chi connectivity index (χ3n) is 2.33. The average molecular weight is 259 g/mol. The van der Waals surface area contributed by atoms with Gasteiger partial charge >= 0.3 is 0 Å². The van der Waals surface area contributed by atoms with Crippen molar-refractivity contribution in [2.75, 3.05) is 12.4 Å². The molecule has 0 bridgehead atoms. The van der Waals surface area contributed by atoms with Gasteiger partial charge in [0, 0.05) is 23.8 Å². The normalized spacial score (nSPS) is 10.8. The van der Waals surface area contributed by atoms with E-state index in [1.54, 1.807) is 7.05 Å². The summed E-state index contributed by atoms with van der Waals surface area (Å²) in [6, 6.07) is 3.29. The predicted octanol–water partition coefficient (Wildman–Crippen LogP) is 4.03. The maximum absolute atomic E-state index is 13.6. The second-order valence-electron chi connectivity index (χ2n) is 3.44. The number of benzene rings is 1. The van der Waals surface area contributed by atoms with Crippen LogP contribution in [0.4, 0.5) is 10.1 Å². The number of pyridine rings is 1. The Morgan fingerprint density at radius 3 is 2.62 bits per heavy atom. The zero-order chi connectivity index (χ0) is 11.9. The summed E-state index contributed by atoms with van der Waals surface area (Å²) in [5.41, 5.74) is 2.14. The van der Waals surface area contributed by atoms with E-state index in [-0.39, 0.29) is 10.0 Å².